The van der Waals surface area contributed by atoms with Crippen LogP contribution in [0.15, 0.2) is 62.4 Å². The van der Waals surface area contributed by atoms with E-state index in [9.17, 15) is 9.59 Å². The number of amides is 1. The molecule has 4 rings (SSSR count). The number of aromatic nitrogens is 1. The molecule has 0 saturated carbocycles. The van der Waals surface area contributed by atoms with E-state index in [1.54, 1.807) is 12.3 Å². The van der Waals surface area contributed by atoms with E-state index in [-0.39, 0.29) is 23.9 Å². The first-order valence-corrected chi connectivity index (χ1v) is 9.92. The van der Waals surface area contributed by atoms with Gasteiger partial charge in [-0.2, -0.15) is 0 Å². The summed E-state index contributed by atoms with van der Waals surface area (Å²) in [5.74, 6) is 0.0199. The van der Waals surface area contributed by atoms with Gasteiger partial charge >= 0.3 is 0 Å². The highest BCUT2D eigenvalue weighted by molar-refractivity contribution is 9.10. The molecule has 0 N–H and O–H groups in total. The molecule has 0 fully saturated rings. The molecule has 0 bridgehead atoms. The predicted molar refractivity (Wildman–Crippen MR) is 111 cm³/mol. The van der Waals surface area contributed by atoms with Crippen molar-refractivity contribution >= 4 is 54.4 Å². The van der Waals surface area contributed by atoms with Crippen LogP contribution in [0.3, 0.4) is 0 Å². The van der Waals surface area contributed by atoms with Gasteiger partial charge in [0.25, 0.3) is 0 Å². The molecule has 0 saturated heterocycles. The minimum Gasteiger partial charge on any atom is -0.338 e. The van der Waals surface area contributed by atoms with E-state index in [1.165, 1.54) is 11.6 Å². The summed E-state index contributed by atoms with van der Waals surface area (Å²) < 4.78 is 3.71. The third-order valence-electron chi connectivity index (χ3n) is 4.77. The maximum atomic E-state index is 13.1. The molecule has 132 valence electrons. The average Bonchev–Trinajstić information content (AvgIpc) is 2.92. The number of nitrogens with zero attached hydrogens (tertiary/aromatic N) is 2. The zero-order chi connectivity index (χ0) is 18.4. The van der Waals surface area contributed by atoms with Crippen LogP contribution in [-0.4, -0.2) is 16.5 Å². The van der Waals surface area contributed by atoms with Crippen molar-refractivity contribution in [2.45, 2.75) is 25.9 Å². The molecule has 26 heavy (non-hydrogen) atoms. The first kappa shape index (κ1) is 17.5. The van der Waals surface area contributed by atoms with Gasteiger partial charge in [0.15, 0.2) is 5.43 Å². The molecule has 3 aromatic rings. The van der Waals surface area contributed by atoms with Crippen LogP contribution in [0.5, 0.6) is 0 Å². The zero-order valence-corrected chi connectivity index (χ0v) is 17.2. The Bertz CT molecular complexity index is 1090. The van der Waals surface area contributed by atoms with Crippen molar-refractivity contribution in [2.24, 2.45) is 0 Å². The van der Waals surface area contributed by atoms with Crippen LogP contribution in [-0.2, 0) is 17.8 Å². The number of carbonyl (C=O) groups excluding carboxylic acids is 1. The Morgan fingerprint density at radius 1 is 1.12 bits per heavy atom. The van der Waals surface area contributed by atoms with E-state index in [0.29, 0.717) is 5.39 Å². The number of pyridine rings is 1. The summed E-state index contributed by atoms with van der Waals surface area (Å²) in [5, 5.41) is 0.605. The van der Waals surface area contributed by atoms with E-state index < -0.39 is 0 Å². The molecular weight excluding hydrogens is 460 g/mol. The zero-order valence-electron chi connectivity index (χ0n) is 14.1. The van der Waals surface area contributed by atoms with Gasteiger partial charge in [0.05, 0.1) is 5.52 Å². The van der Waals surface area contributed by atoms with E-state index in [2.05, 4.69) is 44.8 Å². The van der Waals surface area contributed by atoms with Gasteiger partial charge < -0.3 is 9.47 Å². The van der Waals surface area contributed by atoms with E-state index in [4.69, 9.17) is 0 Å². The Labute approximate surface area is 167 Å². The highest BCUT2D eigenvalue weighted by atomic mass is 79.9. The monoisotopic (exact) mass is 474 g/mol. The van der Waals surface area contributed by atoms with Crippen LogP contribution in [0, 0.1) is 0 Å². The van der Waals surface area contributed by atoms with Gasteiger partial charge in [-0.1, -0.05) is 31.9 Å². The SMILES string of the molecule is C[C@@H]1Cc2cc(Br)ccc2N1C(=O)Cn1ccc(=O)c2cc(Br)ccc21. The first-order valence-electron chi connectivity index (χ1n) is 8.33. The fourth-order valence-electron chi connectivity index (χ4n) is 3.62. The number of hydrogen-bond donors (Lipinski definition) is 0. The number of benzene rings is 2. The molecule has 1 amide bonds. The van der Waals surface area contributed by atoms with Crippen molar-refractivity contribution in [3.63, 3.8) is 0 Å². The predicted octanol–water partition coefficient (Wildman–Crippen LogP) is 4.50. The molecule has 0 radical (unpaired) electrons. The lowest BCUT2D eigenvalue weighted by Gasteiger charge is -2.24. The first-order chi connectivity index (χ1) is 12.4. The number of rotatable bonds is 2. The molecule has 0 unspecified atom stereocenters. The lowest BCUT2D eigenvalue weighted by atomic mass is 10.1. The summed E-state index contributed by atoms with van der Waals surface area (Å²) in [6, 6.07) is 13.2. The number of carbonyl (C=O) groups is 1. The Morgan fingerprint density at radius 3 is 2.65 bits per heavy atom. The number of halogens is 2. The molecule has 0 spiro atoms. The van der Waals surface area contributed by atoms with E-state index >= 15 is 0 Å². The molecule has 4 nitrogen and oxygen atoms in total. The third kappa shape index (κ3) is 3.01. The Hall–Kier alpha value is -1.92. The smallest absolute Gasteiger partial charge is 0.247 e. The van der Waals surface area contributed by atoms with Crippen LogP contribution >= 0.6 is 31.9 Å². The second-order valence-corrected chi connectivity index (χ2v) is 8.39. The largest absolute Gasteiger partial charge is 0.338 e. The Balaban J connectivity index is 1.71. The highest BCUT2D eigenvalue weighted by Crippen LogP contribution is 2.34. The lowest BCUT2D eigenvalue weighted by molar-refractivity contribution is -0.119. The van der Waals surface area contributed by atoms with Crippen LogP contribution in [0.2, 0.25) is 0 Å². The minimum absolute atomic E-state index is 0.0199. The molecule has 1 aliphatic rings. The van der Waals surface area contributed by atoms with Crippen LogP contribution < -0.4 is 10.3 Å². The average molecular weight is 476 g/mol. The van der Waals surface area contributed by atoms with Gasteiger partial charge in [0, 0.05) is 38.3 Å². The maximum Gasteiger partial charge on any atom is 0.247 e. The summed E-state index contributed by atoms with van der Waals surface area (Å²) in [6.07, 6.45) is 2.54. The highest BCUT2D eigenvalue weighted by Gasteiger charge is 2.31. The lowest BCUT2D eigenvalue weighted by Crippen LogP contribution is -2.38. The van der Waals surface area contributed by atoms with Crippen molar-refractivity contribution in [1.82, 2.24) is 4.57 Å². The van der Waals surface area contributed by atoms with Gasteiger partial charge in [0.2, 0.25) is 5.91 Å². The van der Waals surface area contributed by atoms with Crippen molar-refractivity contribution < 1.29 is 4.79 Å². The van der Waals surface area contributed by atoms with Crippen LogP contribution in [0.25, 0.3) is 10.9 Å². The van der Waals surface area contributed by atoms with Gasteiger partial charge in [-0.15, -0.1) is 0 Å². The summed E-state index contributed by atoms with van der Waals surface area (Å²) in [6.45, 7) is 2.25. The standard InChI is InChI=1S/C20H16Br2N2O2/c1-12-8-13-9-14(21)2-4-17(13)24(12)20(26)11-23-7-6-19(25)16-10-15(22)3-5-18(16)23/h2-7,9-10,12H,8,11H2,1H3/t12-/m1/s1. The Kier molecular flexibility index (Phi) is 4.49. The molecular formula is C20H16Br2N2O2. The second kappa shape index (κ2) is 6.67. The van der Waals surface area contributed by atoms with E-state index in [1.807, 2.05) is 33.7 Å². The van der Waals surface area contributed by atoms with Gasteiger partial charge in [-0.05, 0) is 55.3 Å². The topological polar surface area (TPSA) is 42.3 Å². The quantitative estimate of drug-likeness (QED) is 0.547. The molecule has 2 heterocycles. The third-order valence-corrected chi connectivity index (χ3v) is 5.76. The molecule has 1 atom stereocenters. The van der Waals surface area contributed by atoms with Crippen molar-refractivity contribution in [3.05, 3.63) is 73.4 Å². The summed E-state index contributed by atoms with van der Waals surface area (Å²) >= 11 is 6.89. The molecule has 6 heteroatoms. The summed E-state index contributed by atoms with van der Waals surface area (Å²) in [4.78, 5) is 27.1. The normalized spacial score (nSPS) is 16.1. The fraction of sp³-hybridized carbons (Fsp3) is 0.200. The summed E-state index contributed by atoms with van der Waals surface area (Å²) in [7, 11) is 0. The van der Waals surface area contributed by atoms with Crippen molar-refractivity contribution in [1.29, 1.82) is 0 Å². The fourth-order valence-corrected chi connectivity index (χ4v) is 4.39. The number of hydrogen-bond acceptors (Lipinski definition) is 2. The summed E-state index contributed by atoms with van der Waals surface area (Å²) in [5.41, 5.74) is 2.86. The number of anilines is 1. The second-order valence-electron chi connectivity index (χ2n) is 6.56. The minimum atomic E-state index is -0.0465. The maximum absolute atomic E-state index is 13.1. The van der Waals surface area contributed by atoms with Crippen LogP contribution in [0.4, 0.5) is 5.69 Å². The van der Waals surface area contributed by atoms with Gasteiger partial charge in [-0.25, -0.2) is 0 Å². The Morgan fingerprint density at radius 2 is 1.85 bits per heavy atom. The number of fused-ring (bicyclic) bond motifs is 2. The van der Waals surface area contributed by atoms with Crippen LogP contribution in [0.1, 0.15) is 12.5 Å². The molecule has 0 aliphatic carbocycles. The molecule has 1 aliphatic heterocycles. The van der Waals surface area contributed by atoms with E-state index in [0.717, 1.165) is 26.6 Å². The van der Waals surface area contributed by atoms with Crippen molar-refractivity contribution in [2.75, 3.05) is 4.90 Å². The molecule has 2 aromatic carbocycles. The van der Waals surface area contributed by atoms with Crippen molar-refractivity contribution in [3.8, 4) is 0 Å². The van der Waals surface area contributed by atoms with Gasteiger partial charge in [0.1, 0.15) is 6.54 Å². The van der Waals surface area contributed by atoms with Gasteiger partial charge in [-0.3, -0.25) is 9.59 Å². The molecule has 1 aromatic heterocycles.